The first-order chi connectivity index (χ1) is 7.38. The molecular formula is C9H14F3NO3. The Morgan fingerprint density at radius 3 is 2.69 bits per heavy atom. The fraction of sp³-hybridized carbons (Fsp3) is 0.889. The van der Waals surface area contributed by atoms with Crippen molar-refractivity contribution in [1.82, 2.24) is 4.90 Å². The molecule has 1 atom stereocenters. The highest BCUT2D eigenvalue weighted by molar-refractivity contribution is 5.76. The van der Waals surface area contributed by atoms with Gasteiger partial charge in [-0.2, -0.15) is 13.2 Å². The predicted octanol–water partition coefficient (Wildman–Crippen LogP) is 0.549. The van der Waals surface area contributed by atoms with Gasteiger partial charge < -0.3 is 14.7 Å². The molecule has 0 unspecified atom stereocenters. The Labute approximate surface area is 91.0 Å². The zero-order valence-electron chi connectivity index (χ0n) is 8.66. The number of rotatable bonds is 4. The van der Waals surface area contributed by atoms with E-state index in [0.717, 1.165) is 0 Å². The molecule has 0 aromatic heterocycles. The summed E-state index contributed by atoms with van der Waals surface area (Å²) in [7, 11) is 0. The molecular weight excluding hydrogens is 227 g/mol. The van der Waals surface area contributed by atoms with Crippen molar-refractivity contribution in [2.75, 3.05) is 26.3 Å². The molecule has 0 spiro atoms. The van der Waals surface area contributed by atoms with Crippen LogP contribution in [0.15, 0.2) is 0 Å². The summed E-state index contributed by atoms with van der Waals surface area (Å²) in [4.78, 5) is 12.8. The highest BCUT2D eigenvalue weighted by Gasteiger charge is 2.28. The van der Waals surface area contributed by atoms with Gasteiger partial charge in [-0.1, -0.05) is 0 Å². The summed E-state index contributed by atoms with van der Waals surface area (Å²) < 4.78 is 39.4. The van der Waals surface area contributed by atoms with Crippen LogP contribution in [0.25, 0.3) is 0 Å². The van der Waals surface area contributed by atoms with E-state index in [-0.39, 0.29) is 25.5 Å². The monoisotopic (exact) mass is 241 g/mol. The van der Waals surface area contributed by atoms with Gasteiger partial charge in [0, 0.05) is 13.1 Å². The Morgan fingerprint density at radius 2 is 2.19 bits per heavy atom. The van der Waals surface area contributed by atoms with Crippen molar-refractivity contribution in [3.8, 4) is 0 Å². The predicted molar refractivity (Wildman–Crippen MR) is 48.7 cm³/mol. The Kier molecular flexibility index (Phi) is 4.55. The van der Waals surface area contributed by atoms with Crippen LogP contribution in [0.1, 0.15) is 12.8 Å². The first-order valence-electron chi connectivity index (χ1n) is 4.99. The van der Waals surface area contributed by atoms with Crippen LogP contribution < -0.4 is 0 Å². The summed E-state index contributed by atoms with van der Waals surface area (Å²) in [6.45, 7) is -0.856. The number of aliphatic hydroxyl groups excluding tert-OH is 1. The summed E-state index contributed by atoms with van der Waals surface area (Å²) in [5.41, 5.74) is 0. The second kappa shape index (κ2) is 5.49. The second-order valence-corrected chi connectivity index (χ2v) is 3.70. The van der Waals surface area contributed by atoms with E-state index >= 15 is 0 Å². The molecule has 1 fully saturated rings. The molecule has 1 N–H and O–H groups in total. The molecule has 0 radical (unpaired) electrons. The molecule has 0 bridgehead atoms. The van der Waals surface area contributed by atoms with E-state index in [2.05, 4.69) is 4.74 Å². The van der Waals surface area contributed by atoms with Crippen molar-refractivity contribution in [2.45, 2.75) is 25.1 Å². The fourth-order valence-corrected chi connectivity index (χ4v) is 1.47. The molecule has 0 saturated carbocycles. The van der Waals surface area contributed by atoms with E-state index in [1.165, 1.54) is 4.90 Å². The largest absolute Gasteiger partial charge is 0.411 e. The summed E-state index contributed by atoms with van der Waals surface area (Å²) in [5, 5.41) is 9.15. The van der Waals surface area contributed by atoms with E-state index in [4.69, 9.17) is 5.11 Å². The van der Waals surface area contributed by atoms with Crippen LogP contribution in [0.3, 0.4) is 0 Å². The molecule has 0 aromatic rings. The number of β-amino-alcohol motifs (C(OH)–C–C–N with tert-alkyl or cyclic N) is 1. The van der Waals surface area contributed by atoms with Crippen molar-refractivity contribution in [2.24, 2.45) is 0 Å². The van der Waals surface area contributed by atoms with E-state index in [1.54, 1.807) is 0 Å². The highest BCUT2D eigenvalue weighted by Crippen LogP contribution is 2.15. The third-order valence-corrected chi connectivity index (χ3v) is 2.24. The second-order valence-electron chi connectivity index (χ2n) is 3.70. The fourth-order valence-electron chi connectivity index (χ4n) is 1.47. The first kappa shape index (κ1) is 13.2. The molecule has 1 amide bonds. The number of carbonyl (C=O) groups excluding carboxylic acids is 1. The van der Waals surface area contributed by atoms with Gasteiger partial charge in [0.2, 0.25) is 5.91 Å². The quantitative estimate of drug-likeness (QED) is 0.731. The lowest BCUT2D eigenvalue weighted by Gasteiger charge is -2.15. The van der Waals surface area contributed by atoms with E-state index in [0.29, 0.717) is 13.0 Å². The summed E-state index contributed by atoms with van der Waals surface area (Å²) in [6, 6.07) is 0. The third kappa shape index (κ3) is 4.80. The molecule has 1 heterocycles. The normalized spacial score (nSPS) is 21.5. The van der Waals surface area contributed by atoms with Gasteiger partial charge in [-0.05, 0) is 6.42 Å². The van der Waals surface area contributed by atoms with Crippen molar-refractivity contribution >= 4 is 5.91 Å². The summed E-state index contributed by atoms with van der Waals surface area (Å²) >= 11 is 0. The zero-order chi connectivity index (χ0) is 12.2. The van der Waals surface area contributed by atoms with Gasteiger partial charge in [0.25, 0.3) is 0 Å². The van der Waals surface area contributed by atoms with Gasteiger partial charge >= 0.3 is 6.18 Å². The maximum absolute atomic E-state index is 11.7. The van der Waals surface area contributed by atoms with Crippen LogP contribution in [0.4, 0.5) is 13.2 Å². The minimum Gasteiger partial charge on any atom is -0.391 e. The van der Waals surface area contributed by atoms with E-state index < -0.39 is 18.9 Å². The van der Waals surface area contributed by atoms with Gasteiger partial charge in [0.05, 0.1) is 19.1 Å². The van der Waals surface area contributed by atoms with Gasteiger partial charge in [-0.25, -0.2) is 0 Å². The van der Waals surface area contributed by atoms with E-state index in [1.807, 2.05) is 0 Å². The van der Waals surface area contributed by atoms with Gasteiger partial charge in [0.15, 0.2) is 0 Å². The van der Waals surface area contributed by atoms with Crippen molar-refractivity contribution < 1.29 is 27.8 Å². The van der Waals surface area contributed by atoms with Crippen molar-refractivity contribution in [1.29, 1.82) is 0 Å². The minimum atomic E-state index is -4.35. The molecule has 1 aliphatic heterocycles. The highest BCUT2D eigenvalue weighted by atomic mass is 19.4. The van der Waals surface area contributed by atoms with E-state index in [9.17, 15) is 18.0 Å². The number of nitrogens with zero attached hydrogens (tertiary/aromatic N) is 1. The van der Waals surface area contributed by atoms with Crippen LogP contribution in [0, 0.1) is 0 Å². The van der Waals surface area contributed by atoms with Crippen LogP contribution in [0.5, 0.6) is 0 Å². The minimum absolute atomic E-state index is 0.0806. The van der Waals surface area contributed by atoms with Crippen LogP contribution in [0.2, 0.25) is 0 Å². The molecule has 4 nitrogen and oxygen atoms in total. The van der Waals surface area contributed by atoms with Gasteiger partial charge in [0.1, 0.15) is 6.61 Å². The summed E-state index contributed by atoms with van der Waals surface area (Å²) in [5.74, 6) is -0.279. The number of alkyl halides is 3. The number of hydrogen-bond donors (Lipinski definition) is 1. The molecule has 16 heavy (non-hydrogen) atoms. The van der Waals surface area contributed by atoms with Crippen LogP contribution in [-0.2, 0) is 9.53 Å². The van der Waals surface area contributed by atoms with Crippen molar-refractivity contribution in [3.05, 3.63) is 0 Å². The Bertz CT molecular complexity index is 245. The molecule has 94 valence electrons. The number of amides is 1. The molecule has 7 heteroatoms. The lowest BCUT2D eigenvalue weighted by atomic mass is 10.3. The number of aliphatic hydroxyl groups is 1. The smallest absolute Gasteiger partial charge is 0.391 e. The van der Waals surface area contributed by atoms with Crippen LogP contribution in [-0.4, -0.2) is 54.5 Å². The maximum atomic E-state index is 11.7. The molecule has 1 rings (SSSR count). The lowest BCUT2D eigenvalue weighted by Crippen LogP contribution is -2.30. The average molecular weight is 241 g/mol. The Balaban J connectivity index is 2.11. The number of hydrogen-bond acceptors (Lipinski definition) is 3. The standard InChI is InChI=1S/C9H14F3NO3/c10-9(11,12)6-16-4-2-8(15)13-3-1-7(14)5-13/h7,14H,1-6H2/t7-/m1/s1. The van der Waals surface area contributed by atoms with Gasteiger partial charge in [-0.3, -0.25) is 4.79 Å². The summed E-state index contributed by atoms with van der Waals surface area (Å²) in [6.07, 6.45) is -4.43. The maximum Gasteiger partial charge on any atom is 0.411 e. The molecule has 1 aliphatic rings. The number of carbonyl (C=O) groups is 1. The molecule has 0 aromatic carbocycles. The SMILES string of the molecule is O=C(CCOCC(F)(F)F)N1CC[C@@H](O)C1. The Hall–Kier alpha value is -0.820. The number of likely N-dealkylation sites (tertiary alicyclic amines) is 1. The Morgan fingerprint density at radius 1 is 1.50 bits per heavy atom. The third-order valence-electron chi connectivity index (χ3n) is 2.24. The van der Waals surface area contributed by atoms with Crippen molar-refractivity contribution in [3.63, 3.8) is 0 Å². The topological polar surface area (TPSA) is 49.8 Å². The number of ether oxygens (including phenoxy) is 1. The van der Waals surface area contributed by atoms with Crippen LogP contribution >= 0.6 is 0 Å². The van der Waals surface area contributed by atoms with Gasteiger partial charge in [-0.15, -0.1) is 0 Å². The first-order valence-corrected chi connectivity index (χ1v) is 4.99. The average Bonchev–Trinajstić information content (AvgIpc) is 2.57. The lowest BCUT2D eigenvalue weighted by molar-refractivity contribution is -0.175. The molecule has 1 saturated heterocycles. The number of halogens is 3. The zero-order valence-corrected chi connectivity index (χ0v) is 8.66. The molecule has 0 aliphatic carbocycles.